The molecule has 0 radical (unpaired) electrons. The van der Waals surface area contributed by atoms with Crippen LogP contribution in [0.15, 0.2) is 24.5 Å². The second kappa shape index (κ2) is 7.21. The molecule has 1 saturated heterocycles. The minimum atomic E-state index is 0.0818. The smallest absolute Gasteiger partial charge is 0.234 e. The van der Waals surface area contributed by atoms with Crippen LogP contribution in [-0.2, 0) is 16.0 Å². The number of carbonyl (C=O) groups is 1. The summed E-state index contributed by atoms with van der Waals surface area (Å²) < 4.78 is 5.26. The third-order valence-corrected chi connectivity index (χ3v) is 3.14. The number of aromatic nitrogens is 1. The first-order valence-corrected chi connectivity index (χ1v) is 6.72. The number of ether oxygens (including phenoxy) is 1. The summed E-state index contributed by atoms with van der Waals surface area (Å²) in [6, 6.07) is 4.06. The van der Waals surface area contributed by atoms with E-state index in [0.29, 0.717) is 6.54 Å². The molecule has 0 aliphatic carbocycles. The zero-order valence-corrected chi connectivity index (χ0v) is 11.3. The molecule has 0 saturated carbocycles. The van der Waals surface area contributed by atoms with Crippen LogP contribution < -0.4 is 5.32 Å². The van der Waals surface area contributed by atoms with Gasteiger partial charge in [0.1, 0.15) is 0 Å². The molecule has 0 bridgehead atoms. The van der Waals surface area contributed by atoms with Crippen molar-refractivity contribution in [3.8, 4) is 0 Å². The molecule has 0 spiro atoms. The summed E-state index contributed by atoms with van der Waals surface area (Å²) in [5, 5.41) is 3.03. The van der Waals surface area contributed by atoms with E-state index < -0.39 is 0 Å². The summed E-state index contributed by atoms with van der Waals surface area (Å²) in [6.45, 7) is 5.59. The van der Waals surface area contributed by atoms with Crippen molar-refractivity contribution in [3.63, 3.8) is 0 Å². The van der Waals surface area contributed by atoms with Gasteiger partial charge >= 0.3 is 0 Å². The molecule has 2 heterocycles. The van der Waals surface area contributed by atoms with Crippen LogP contribution in [0, 0.1) is 0 Å². The van der Waals surface area contributed by atoms with Crippen molar-refractivity contribution in [2.24, 2.45) is 0 Å². The number of morpholine rings is 1. The number of nitrogens with zero attached hydrogens (tertiary/aromatic N) is 2. The first kappa shape index (κ1) is 14.0. The van der Waals surface area contributed by atoms with Gasteiger partial charge in [-0.15, -0.1) is 0 Å². The topological polar surface area (TPSA) is 54.5 Å². The Morgan fingerprint density at radius 3 is 3.00 bits per heavy atom. The van der Waals surface area contributed by atoms with E-state index in [9.17, 15) is 4.79 Å². The second-order valence-corrected chi connectivity index (χ2v) is 4.92. The first-order chi connectivity index (χ1) is 9.24. The molecule has 0 aromatic carbocycles. The van der Waals surface area contributed by atoms with Crippen LogP contribution in [-0.4, -0.2) is 54.7 Å². The molecule has 1 aliphatic rings. The van der Waals surface area contributed by atoms with Crippen molar-refractivity contribution >= 4 is 5.91 Å². The van der Waals surface area contributed by atoms with Crippen molar-refractivity contribution in [2.75, 3.05) is 32.8 Å². The zero-order chi connectivity index (χ0) is 13.5. The van der Waals surface area contributed by atoms with Gasteiger partial charge in [-0.05, 0) is 25.0 Å². The predicted molar refractivity (Wildman–Crippen MR) is 72.8 cm³/mol. The first-order valence-electron chi connectivity index (χ1n) is 6.72. The summed E-state index contributed by atoms with van der Waals surface area (Å²) in [5.74, 6) is 0.0818. The Bertz CT molecular complexity index is 391. The molecule has 104 valence electrons. The molecular weight excluding hydrogens is 242 g/mol. The number of pyridine rings is 1. The third kappa shape index (κ3) is 4.96. The highest BCUT2D eigenvalue weighted by atomic mass is 16.5. The number of hydrogen-bond donors (Lipinski definition) is 1. The Kier molecular flexibility index (Phi) is 5.30. The number of rotatable bonds is 5. The van der Waals surface area contributed by atoms with Crippen LogP contribution in [0.25, 0.3) is 0 Å². The lowest BCUT2D eigenvalue weighted by molar-refractivity contribution is -0.123. The average Bonchev–Trinajstić information content (AvgIpc) is 2.40. The SMILES string of the molecule is CC(Cc1cccnc1)NC(=O)CN1CCOCC1. The van der Waals surface area contributed by atoms with Gasteiger partial charge in [0.2, 0.25) is 5.91 Å². The molecule has 5 heteroatoms. The van der Waals surface area contributed by atoms with Crippen LogP contribution in [0.2, 0.25) is 0 Å². The van der Waals surface area contributed by atoms with E-state index in [1.54, 1.807) is 6.20 Å². The summed E-state index contributed by atoms with van der Waals surface area (Å²) in [4.78, 5) is 18.1. The Morgan fingerprint density at radius 1 is 1.53 bits per heavy atom. The summed E-state index contributed by atoms with van der Waals surface area (Å²) in [5.41, 5.74) is 1.14. The molecule has 19 heavy (non-hydrogen) atoms. The molecular formula is C14H21N3O2. The van der Waals surface area contributed by atoms with Crippen molar-refractivity contribution in [3.05, 3.63) is 30.1 Å². The van der Waals surface area contributed by atoms with E-state index in [1.165, 1.54) is 0 Å². The van der Waals surface area contributed by atoms with Crippen LogP contribution in [0.1, 0.15) is 12.5 Å². The highest BCUT2D eigenvalue weighted by Gasteiger charge is 2.15. The number of amides is 1. The van der Waals surface area contributed by atoms with Crippen molar-refractivity contribution in [2.45, 2.75) is 19.4 Å². The van der Waals surface area contributed by atoms with Gasteiger partial charge < -0.3 is 10.1 Å². The van der Waals surface area contributed by atoms with Gasteiger partial charge in [-0.3, -0.25) is 14.7 Å². The van der Waals surface area contributed by atoms with Crippen molar-refractivity contribution in [1.29, 1.82) is 0 Å². The van der Waals surface area contributed by atoms with Crippen LogP contribution >= 0.6 is 0 Å². The van der Waals surface area contributed by atoms with Gasteiger partial charge in [0.25, 0.3) is 0 Å². The van der Waals surface area contributed by atoms with E-state index >= 15 is 0 Å². The largest absolute Gasteiger partial charge is 0.379 e. The monoisotopic (exact) mass is 263 g/mol. The maximum Gasteiger partial charge on any atom is 0.234 e. The molecule has 1 fully saturated rings. The van der Waals surface area contributed by atoms with Crippen LogP contribution in [0.5, 0.6) is 0 Å². The van der Waals surface area contributed by atoms with E-state index in [4.69, 9.17) is 4.74 Å². The summed E-state index contributed by atoms with van der Waals surface area (Å²) >= 11 is 0. The fraction of sp³-hybridized carbons (Fsp3) is 0.571. The average molecular weight is 263 g/mol. The molecule has 1 aromatic rings. The van der Waals surface area contributed by atoms with Gasteiger partial charge in [-0.1, -0.05) is 6.07 Å². The van der Waals surface area contributed by atoms with Gasteiger partial charge in [0, 0.05) is 31.5 Å². The minimum Gasteiger partial charge on any atom is -0.379 e. The Labute approximate surface area is 114 Å². The van der Waals surface area contributed by atoms with E-state index in [1.807, 2.05) is 25.3 Å². The molecule has 1 aliphatic heterocycles. The highest BCUT2D eigenvalue weighted by molar-refractivity contribution is 5.78. The maximum atomic E-state index is 11.9. The molecule has 1 unspecified atom stereocenters. The number of hydrogen-bond acceptors (Lipinski definition) is 4. The van der Waals surface area contributed by atoms with Gasteiger partial charge in [0.05, 0.1) is 19.8 Å². The van der Waals surface area contributed by atoms with Gasteiger partial charge in [-0.2, -0.15) is 0 Å². The second-order valence-electron chi connectivity index (χ2n) is 4.92. The maximum absolute atomic E-state index is 11.9. The van der Waals surface area contributed by atoms with Gasteiger partial charge in [0.15, 0.2) is 0 Å². The molecule has 1 aromatic heterocycles. The van der Waals surface area contributed by atoms with Crippen molar-refractivity contribution < 1.29 is 9.53 Å². The summed E-state index contributed by atoms with van der Waals surface area (Å²) in [7, 11) is 0. The molecule has 1 amide bonds. The Hall–Kier alpha value is -1.46. The normalized spacial score (nSPS) is 17.9. The predicted octanol–water partition coefficient (Wildman–Crippen LogP) is 0.461. The van der Waals surface area contributed by atoms with E-state index in [2.05, 4.69) is 15.2 Å². The van der Waals surface area contributed by atoms with Crippen LogP contribution in [0.4, 0.5) is 0 Å². The van der Waals surface area contributed by atoms with E-state index in [-0.39, 0.29) is 11.9 Å². The fourth-order valence-electron chi connectivity index (χ4n) is 2.21. The quantitative estimate of drug-likeness (QED) is 0.838. The molecule has 5 nitrogen and oxygen atoms in total. The lowest BCUT2D eigenvalue weighted by atomic mass is 10.1. The highest BCUT2D eigenvalue weighted by Crippen LogP contribution is 2.01. The van der Waals surface area contributed by atoms with Gasteiger partial charge in [-0.25, -0.2) is 0 Å². The molecule has 1 N–H and O–H groups in total. The fourth-order valence-corrected chi connectivity index (χ4v) is 2.21. The minimum absolute atomic E-state index is 0.0818. The molecule has 2 rings (SSSR count). The van der Waals surface area contributed by atoms with E-state index in [0.717, 1.165) is 38.3 Å². The number of nitrogens with one attached hydrogen (secondary N) is 1. The number of carbonyl (C=O) groups excluding carboxylic acids is 1. The molecule has 1 atom stereocenters. The van der Waals surface area contributed by atoms with Crippen molar-refractivity contribution in [1.82, 2.24) is 15.2 Å². The Balaban J connectivity index is 1.72. The summed E-state index contributed by atoms with van der Waals surface area (Å²) in [6.07, 6.45) is 4.40. The standard InChI is InChI=1S/C14H21N3O2/c1-12(9-13-3-2-4-15-10-13)16-14(18)11-17-5-7-19-8-6-17/h2-4,10,12H,5-9,11H2,1H3,(H,16,18). The lowest BCUT2D eigenvalue weighted by Crippen LogP contribution is -2.45. The third-order valence-electron chi connectivity index (χ3n) is 3.14. The zero-order valence-electron chi connectivity index (χ0n) is 11.3. The lowest BCUT2D eigenvalue weighted by Gasteiger charge is -2.26. The van der Waals surface area contributed by atoms with Crippen LogP contribution in [0.3, 0.4) is 0 Å². The Morgan fingerprint density at radius 2 is 2.32 bits per heavy atom.